The molecule has 2 aromatic rings. The van der Waals surface area contributed by atoms with E-state index in [1.807, 2.05) is 31.2 Å². The number of rotatable bonds is 4. The van der Waals surface area contributed by atoms with E-state index in [1.54, 1.807) is 0 Å². The van der Waals surface area contributed by atoms with Crippen molar-refractivity contribution >= 4 is 13.7 Å². The Labute approximate surface area is 185 Å². The number of aryl methyl sites for hydroxylation is 2. The van der Waals surface area contributed by atoms with Crippen LogP contribution in [0.3, 0.4) is 0 Å². The first-order chi connectivity index (χ1) is 13.7. The van der Waals surface area contributed by atoms with E-state index in [2.05, 4.69) is 61.5 Å². The highest BCUT2D eigenvalue weighted by Gasteiger charge is 2.23. The maximum Gasteiger partial charge on any atom is 0.199 e. The summed E-state index contributed by atoms with van der Waals surface area (Å²) >= 11 is 0. The van der Waals surface area contributed by atoms with Crippen LogP contribution in [0.2, 0.25) is 0 Å². The molecule has 0 saturated heterocycles. The van der Waals surface area contributed by atoms with Crippen LogP contribution < -0.4 is 5.30 Å². The Morgan fingerprint density at radius 2 is 1.40 bits per heavy atom. The van der Waals surface area contributed by atoms with Crippen LogP contribution in [0.25, 0.3) is 0 Å². The van der Waals surface area contributed by atoms with Crippen LogP contribution in [0.5, 0.6) is 5.75 Å². The first kappa shape index (κ1) is 26.6. The van der Waals surface area contributed by atoms with E-state index >= 15 is 0 Å². The third-order valence-electron chi connectivity index (χ3n) is 5.34. The van der Waals surface area contributed by atoms with E-state index in [0.29, 0.717) is 11.1 Å². The van der Waals surface area contributed by atoms with Crippen molar-refractivity contribution in [1.82, 2.24) is 0 Å². The highest BCUT2D eigenvalue weighted by Crippen LogP contribution is 2.36. The molecule has 0 radical (unpaired) electrons. The highest BCUT2D eigenvalue weighted by molar-refractivity contribution is 7.54. The lowest BCUT2D eigenvalue weighted by Gasteiger charge is -2.27. The monoisotopic (exact) mass is 432 g/mol. The van der Waals surface area contributed by atoms with Crippen molar-refractivity contribution in [2.24, 2.45) is 0 Å². The quantitative estimate of drug-likeness (QED) is 0.480. The Morgan fingerprint density at radius 3 is 1.87 bits per heavy atom. The van der Waals surface area contributed by atoms with E-state index in [-0.39, 0.29) is 10.8 Å². The van der Waals surface area contributed by atoms with E-state index in [4.69, 9.17) is 0 Å². The van der Waals surface area contributed by atoms with Gasteiger partial charge in [-0.1, -0.05) is 73.1 Å². The Bertz CT molecular complexity index is 792. The summed E-state index contributed by atoms with van der Waals surface area (Å²) in [5.74, 6) is 0.415. The minimum Gasteiger partial charge on any atom is -0.508 e. The van der Waals surface area contributed by atoms with Gasteiger partial charge in [0.15, 0.2) is 8.38 Å². The van der Waals surface area contributed by atoms with Crippen molar-refractivity contribution < 1.29 is 14.9 Å². The van der Waals surface area contributed by atoms with Crippen molar-refractivity contribution in [3.63, 3.8) is 0 Å². The minimum atomic E-state index is -1.95. The largest absolute Gasteiger partial charge is 0.508 e. The molecule has 2 aromatic carbocycles. The molecule has 4 heteroatoms. The number of aromatic hydroxyl groups is 1. The maximum atomic E-state index is 10.0. The second-order valence-corrected chi connectivity index (χ2v) is 11.2. The van der Waals surface area contributed by atoms with Gasteiger partial charge in [-0.15, -0.1) is 0 Å². The molecule has 0 aliphatic heterocycles. The van der Waals surface area contributed by atoms with Gasteiger partial charge in [-0.2, -0.15) is 0 Å². The number of phenols is 1. The number of unbranched alkanes of at least 4 members (excludes halogenated alkanes) is 1. The number of hydrogen-bond acceptors (Lipinski definition) is 3. The van der Waals surface area contributed by atoms with Crippen LogP contribution in [-0.2, 0) is 17.3 Å². The molecule has 2 rings (SSSR count). The van der Waals surface area contributed by atoms with Crippen molar-refractivity contribution in [3.05, 3.63) is 58.1 Å². The standard InChI is InChI=1S/C15H24O.C11H17O2P/c1-10-8-13(16)12(15(5,6)7)9-11(10)14(2,3)4;1-3-4-7-10-9(2)6-5-8-11(10)14(12)13/h8-9,16H,1-7H3;5-6,8,12-13H,3-4,7H2,1-2H3. The van der Waals surface area contributed by atoms with Crippen LogP contribution >= 0.6 is 8.38 Å². The highest BCUT2D eigenvalue weighted by atomic mass is 31.2. The average molecular weight is 433 g/mol. The summed E-state index contributed by atoms with van der Waals surface area (Å²) in [4.78, 5) is 18.5. The van der Waals surface area contributed by atoms with E-state index in [0.717, 1.165) is 41.5 Å². The van der Waals surface area contributed by atoms with Gasteiger partial charge in [0, 0.05) is 5.30 Å². The zero-order valence-corrected chi connectivity index (χ0v) is 21.2. The summed E-state index contributed by atoms with van der Waals surface area (Å²) < 4.78 is 0. The van der Waals surface area contributed by atoms with E-state index < -0.39 is 8.38 Å². The molecular weight excluding hydrogens is 391 g/mol. The van der Waals surface area contributed by atoms with Crippen molar-refractivity contribution in [2.45, 2.75) is 92.4 Å². The lowest BCUT2D eigenvalue weighted by molar-refractivity contribution is 0.444. The fourth-order valence-electron chi connectivity index (χ4n) is 3.65. The second kappa shape index (κ2) is 10.8. The Kier molecular flexibility index (Phi) is 9.54. The molecule has 3 N–H and O–H groups in total. The molecule has 0 aromatic heterocycles. The summed E-state index contributed by atoms with van der Waals surface area (Å²) in [6.45, 7) is 19.2. The molecule has 0 fully saturated rings. The van der Waals surface area contributed by atoms with Gasteiger partial charge in [0.05, 0.1) is 0 Å². The summed E-state index contributed by atoms with van der Waals surface area (Å²) in [7, 11) is -1.95. The molecule has 0 spiro atoms. The van der Waals surface area contributed by atoms with E-state index in [9.17, 15) is 14.9 Å². The van der Waals surface area contributed by atoms with Gasteiger partial charge < -0.3 is 14.9 Å². The summed E-state index contributed by atoms with van der Waals surface area (Å²) in [6.07, 6.45) is 3.17. The zero-order valence-electron chi connectivity index (χ0n) is 20.3. The Balaban J connectivity index is 0.000000303. The number of phenolic OH excluding ortho intramolecular Hbond substituents is 1. The van der Waals surface area contributed by atoms with E-state index in [1.165, 1.54) is 5.56 Å². The summed E-state index contributed by atoms with van der Waals surface area (Å²) in [5, 5.41) is 10.7. The normalized spacial score (nSPS) is 12.0. The van der Waals surface area contributed by atoms with Crippen LogP contribution in [-0.4, -0.2) is 14.9 Å². The lowest BCUT2D eigenvalue weighted by Crippen LogP contribution is -2.17. The molecule has 0 unspecified atom stereocenters. The molecule has 168 valence electrons. The average Bonchev–Trinajstić information content (AvgIpc) is 2.58. The lowest BCUT2D eigenvalue weighted by atomic mass is 9.78. The molecule has 0 aliphatic carbocycles. The summed E-state index contributed by atoms with van der Waals surface area (Å²) in [6, 6.07) is 9.75. The molecule has 0 amide bonds. The SMILES string of the molecule is CCCCc1c(C)cccc1P(O)O.Cc1cc(O)c(C(C)(C)C)cc1C(C)(C)C. The Morgan fingerprint density at radius 1 is 0.833 bits per heavy atom. The first-order valence-corrected chi connectivity index (χ1v) is 12.1. The third-order valence-corrected chi connectivity index (χ3v) is 6.19. The fraction of sp³-hybridized carbons (Fsp3) is 0.538. The molecule has 0 aliphatic rings. The van der Waals surface area contributed by atoms with Crippen LogP contribution in [0.1, 0.15) is 89.1 Å². The van der Waals surface area contributed by atoms with Crippen LogP contribution in [0.4, 0.5) is 0 Å². The van der Waals surface area contributed by atoms with Crippen molar-refractivity contribution in [1.29, 1.82) is 0 Å². The van der Waals surface area contributed by atoms with Gasteiger partial charge in [0.1, 0.15) is 5.75 Å². The molecular formula is C26H41O3P. The fourth-order valence-corrected chi connectivity index (χ4v) is 4.40. The molecule has 3 nitrogen and oxygen atoms in total. The third kappa shape index (κ3) is 7.38. The first-order valence-electron chi connectivity index (χ1n) is 10.8. The number of benzene rings is 2. The Hall–Kier alpha value is -1.41. The maximum absolute atomic E-state index is 10.0. The molecule has 0 heterocycles. The number of hydrogen-bond donors (Lipinski definition) is 3. The van der Waals surface area contributed by atoms with Gasteiger partial charge in [-0.05, 0) is 77.5 Å². The van der Waals surface area contributed by atoms with Gasteiger partial charge >= 0.3 is 0 Å². The van der Waals surface area contributed by atoms with Crippen LogP contribution in [0.15, 0.2) is 30.3 Å². The van der Waals surface area contributed by atoms with Crippen molar-refractivity contribution in [3.8, 4) is 5.75 Å². The summed E-state index contributed by atoms with van der Waals surface area (Å²) in [5.41, 5.74) is 5.89. The predicted molar refractivity (Wildman–Crippen MR) is 131 cm³/mol. The van der Waals surface area contributed by atoms with Gasteiger partial charge in [0.2, 0.25) is 0 Å². The smallest absolute Gasteiger partial charge is 0.199 e. The van der Waals surface area contributed by atoms with Gasteiger partial charge in [0.25, 0.3) is 0 Å². The van der Waals surface area contributed by atoms with Crippen molar-refractivity contribution in [2.75, 3.05) is 0 Å². The molecule has 0 bridgehead atoms. The molecule has 0 saturated carbocycles. The van der Waals surface area contributed by atoms with Gasteiger partial charge in [-0.3, -0.25) is 0 Å². The molecule has 0 atom stereocenters. The molecule has 30 heavy (non-hydrogen) atoms. The minimum absolute atomic E-state index is 0.0161. The zero-order chi connectivity index (χ0) is 23.3. The predicted octanol–water partition coefficient (Wildman–Crippen LogP) is 6.56. The van der Waals surface area contributed by atoms with Crippen LogP contribution in [0, 0.1) is 13.8 Å². The second-order valence-electron chi connectivity index (χ2n) is 10.1. The van der Waals surface area contributed by atoms with Gasteiger partial charge in [-0.25, -0.2) is 0 Å². The topological polar surface area (TPSA) is 60.7 Å².